The maximum atomic E-state index is 6.03. The Hall–Kier alpha value is -5.08. The van der Waals surface area contributed by atoms with Gasteiger partial charge in [-0.15, -0.1) is 0 Å². The quantitative estimate of drug-likeness (QED) is 0.248. The fraction of sp³-hybridized carbons (Fsp3) is 0. The molecule has 0 aliphatic heterocycles. The molecule has 38 heavy (non-hydrogen) atoms. The molecule has 0 N–H and O–H groups in total. The van der Waals surface area contributed by atoms with E-state index in [1.54, 1.807) is 0 Å². The van der Waals surface area contributed by atoms with Crippen LogP contribution in [0.2, 0.25) is 0 Å². The van der Waals surface area contributed by atoms with Gasteiger partial charge < -0.3 is 8.83 Å². The van der Waals surface area contributed by atoms with Crippen LogP contribution in [0.1, 0.15) is 0 Å². The first-order chi connectivity index (χ1) is 18.8. The molecule has 2 heterocycles. The van der Waals surface area contributed by atoms with Crippen molar-refractivity contribution in [3.8, 4) is 33.4 Å². The molecule has 0 saturated heterocycles. The van der Waals surface area contributed by atoms with E-state index in [-0.39, 0.29) is 0 Å². The van der Waals surface area contributed by atoms with Crippen molar-refractivity contribution in [2.45, 2.75) is 0 Å². The van der Waals surface area contributed by atoms with Crippen LogP contribution in [0, 0.1) is 0 Å². The highest BCUT2D eigenvalue weighted by Crippen LogP contribution is 2.36. The van der Waals surface area contributed by atoms with Crippen molar-refractivity contribution in [2.75, 3.05) is 0 Å². The fourth-order valence-corrected chi connectivity index (χ4v) is 5.57. The summed E-state index contributed by atoms with van der Waals surface area (Å²) in [5.74, 6) is 0. The number of para-hydroxylation sites is 2. The molecule has 0 aliphatic rings. The third-order valence-electron chi connectivity index (χ3n) is 7.48. The standard InChI is InChI=1S/C36H22O2/c1-3-13-33-29(11-1)31-21-27(15-17-35(31)37-33)25-9-5-7-23(19-25)24-8-6-10-26(20-24)28-16-18-36-32(22-28)30-12-2-4-14-34(30)38-36/h1-22H. The van der Waals surface area contributed by atoms with Crippen molar-refractivity contribution in [2.24, 2.45) is 0 Å². The third kappa shape index (κ3) is 3.35. The maximum Gasteiger partial charge on any atom is 0.135 e. The molecule has 0 fully saturated rings. The SMILES string of the molecule is c1cc(-c2cccc(-c3ccc4oc5ccccc5c4c3)c2)cc(-c2ccc3oc4ccccc4c3c2)c1. The Morgan fingerprint density at radius 2 is 0.632 bits per heavy atom. The van der Waals surface area contributed by atoms with Gasteiger partial charge in [-0.3, -0.25) is 0 Å². The maximum absolute atomic E-state index is 6.03. The van der Waals surface area contributed by atoms with E-state index in [0.29, 0.717) is 0 Å². The van der Waals surface area contributed by atoms with Crippen molar-refractivity contribution in [3.63, 3.8) is 0 Å². The van der Waals surface area contributed by atoms with Crippen LogP contribution in [-0.4, -0.2) is 0 Å². The number of rotatable bonds is 3. The van der Waals surface area contributed by atoms with Crippen LogP contribution in [0.4, 0.5) is 0 Å². The molecule has 0 amide bonds. The van der Waals surface area contributed by atoms with Crippen molar-refractivity contribution in [1.82, 2.24) is 0 Å². The molecule has 8 rings (SSSR count). The molecule has 0 spiro atoms. The Morgan fingerprint density at radius 3 is 1.08 bits per heavy atom. The Balaban J connectivity index is 1.20. The van der Waals surface area contributed by atoms with Crippen molar-refractivity contribution in [3.05, 3.63) is 133 Å². The summed E-state index contributed by atoms with van der Waals surface area (Å²) >= 11 is 0. The average Bonchev–Trinajstić information content (AvgIpc) is 3.55. The van der Waals surface area contributed by atoms with E-state index < -0.39 is 0 Å². The molecule has 6 aromatic carbocycles. The summed E-state index contributed by atoms with van der Waals surface area (Å²) in [5.41, 5.74) is 10.8. The normalized spacial score (nSPS) is 11.7. The minimum Gasteiger partial charge on any atom is -0.456 e. The Bertz CT molecular complexity index is 1990. The fourth-order valence-electron chi connectivity index (χ4n) is 5.57. The number of benzene rings is 6. The molecule has 8 aromatic rings. The summed E-state index contributed by atoms with van der Waals surface area (Å²) in [6.45, 7) is 0. The predicted octanol–water partition coefficient (Wildman–Crippen LogP) is 10.5. The summed E-state index contributed by atoms with van der Waals surface area (Å²) < 4.78 is 12.1. The zero-order valence-electron chi connectivity index (χ0n) is 20.5. The summed E-state index contributed by atoms with van der Waals surface area (Å²) in [4.78, 5) is 0. The minimum atomic E-state index is 0.918. The second-order valence-corrected chi connectivity index (χ2v) is 9.78. The van der Waals surface area contributed by atoms with Gasteiger partial charge in [0, 0.05) is 21.5 Å². The zero-order valence-corrected chi connectivity index (χ0v) is 20.5. The third-order valence-corrected chi connectivity index (χ3v) is 7.48. The highest BCUT2D eigenvalue weighted by atomic mass is 16.3. The van der Waals surface area contributed by atoms with Gasteiger partial charge in [-0.2, -0.15) is 0 Å². The summed E-state index contributed by atoms with van der Waals surface area (Å²) in [7, 11) is 0. The van der Waals surface area contributed by atoms with Gasteiger partial charge >= 0.3 is 0 Å². The lowest BCUT2D eigenvalue weighted by Crippen LogP contribution is -1.84. The van der Waals surface area contributed by atoms with Crippen LogP contribution in [0.5, 0.6) is 0 Å². The van der Waals surface area contributed by atoms with Gasteiger partial charge in [-0.25, -0.2) is 0 Å². The van der Waals surface area contributed by atoms with Crippen LogP contribution in [-0.2, 0) is 0 Å². The molecular formula is C36H22O2. The van der Waals surface area contributed by atoms with Crippen LogP contribution in [0.3, 0.4) is 0 Å². The second-order valence-electron chi connectivity index (χ2n) is 9.78. The molecule has 2 nitrogen and oxygen atoms in total. The van der Waals surface area contributed by atoms with Crippen molar-refractivity contribution < 1.29 is 8.83 Å². The number of hydrogen-bond acceptors (Lipinski definition) is 2. The lowest BCUT2D eigenvalue weighted by atomic mass is 9.95. The number of furan rings is 2. The molecule has 178 valence electrons. The summed E-state index contributed by atoms with van der Waals surface area (Å²) in [6, 6.07) is 46.9. The first kappa shape index (κ1) is 21.0. The molecule has 0 unspecified atom stereocenters. The molecule has 0 radical (unpaired) electrons. The van der Waals surface area contributed by atoms with Crippen LogP contribution in [0.25, 0.3) is 77.3 Å². The predicted molar refractivity (Wildman–Crippen MR) is 157 cm³/mol. The van der Waals surface area contributed by atoms with Gasteiger partial charge in [-0.05, 0) is 81.9 Å². The van der Waals surface area contributed by atoms with Gasteiger partial charge in [0.25, 0.3) is 0 Å². The zero-order chi connectivity index (χ0) is 25.1. The summed E-state index contributed by atoms with van der Waals surface area (Å²) in [5, 5.41) is 4.59. The van der Waals surface area contributed by atoms with Gasteiger partial charge in [0.1, 0.15) is 22.3 Å². The second kappa shape index (κ2) is 8.22. The molecular weight excluding hydrogens is 464 g/mol. The first-order valence-corrected chi connectivity index (χ1v) is 12.8. The van der Waals surface area contributed by atoms with E-state index in [0.717, 1.165) is 43.9 Å². The monoisotopic (exact) mass is 486 g/mol. The molecule has 2 heteroatoms. The van der Waals surface area contributed by atoms with Crippen LogP contribution < -0.4 is 0 Å². The van der Waals surface area contributed by atoms with E-state index in [4.69, 9.17) is 8.83 Å². The smallest absolute Gasteiger partial charge is 0.135 e. The van der Waals surface area contributed by atoms with Gasteiger partial charge in [0.2, 0.25) is 0 Å². The average molecular weight is 487 g/mol. The largest absolute Gasteiger partial charge is 0.456 e. The highest BCUT2D eigenvalue weighted by Gasteiger charge is 2.11. The molecule has 0 atom stereocenters. The van der Waals surface area contributed by atoms with Gasteiger partial charge in [0.05, 0.1) is 0 Å². The first-order valence-electron chi connectivity index (χ1n) is 12.8. The Kier molecular flexibility index (Phi) is 4.55. The van der Waals surface area contributed by atoms with Crippen LogP contribution >= 0.6 is 0 Å². The number of fused-ring (bicyclic) bond motifs is 6. The summed E-state index contributed by atoms with van der Waals surface area (Å²) in [6.07, 6.45) is 0. The van der Waals surface area contributed by atoms with E-state index in [2.05, 4.69) is 109 Å². The van der Waals surface area contributed by atoms with Crippen LogP contribution in [0.15, 0.2) is 142 Å². The van der Waals surface area contributed by atoms with E-state index in [9.17, 15) is 0 Å². The highest BCUT2D eigenvalue weighted by molar-refractivity contribution is 6.07. The molecule has 0 saturated carbocycles. The minimum absolute atomic E-state index is 0.918. The molecule has 0 bridgehead atoms. The van der Waals surface area contributed by atoms with Crippen molar-refractivity contribution in [1.29, 1.82) is 0 Å². The Morgan fingerprint density at radius 1 is 0.263 bits per heavy atom. The van der Waals surface area contributed by atoms with Crippen molar-refractivity contribution >= 4 is 43.9 Å². The topological polar surface area (TPSA) is 26.3 Å². The number of hydrogen-bond donors (Lipinski definition) is 0. The van der Waals surface area contributed by atoms with E-state index in [1.807, 2.05) is 24.3 Å². The lowest BCUT2D eigenvalue weighted by molar-refractivity contribution is 0.668. The lowest BCUT2D eigenvalue weighted by Gasteiger charge is -2.09. The van der Waals surface area contributed by atoms with Gasteiger partial charge in [0.15, 0.2) is 0 Å². The van der Waals surface area contributed by atoms with E-state index in [1.165, 1.54) is 33.4 Å². The van der Waals surface area contributed by atoms with Gasteiger partial charge in [-0.1, -0.05) is 84.9 Å². The molecule has 2 aromatic heterocycles. The van der Waals surface area contributed by atoms with E-state index >= 15 is 0 Å². The molecule has 0 aliphatic carbocycles. The Labute approximate surface area is 219 Å².